The standard InChI is InChI=1S/C29H32N4O3/c1-2-17-36-27-26(30-28(35)19-11-12-19)20-7-3-5-9-22(20)29(27)13-15-33(16-14-29)25(34)18-24-21-8-4-6-10-23(21)31-32-24/h2-10,19,26-27H,1,11-18H2,(H,30,35)(H,31,32)/t26-,27+/m0/s1. The smallest absolute Gasteiger partial charge is 0.228 e. The number of likely N-dealkylation sites (tertiary alicyclic amines) is 1. The topological polar surface area (TPSA) is 87.3 Å². The minimum atomic E-state index is -0.251. The minimum Gasteiger partial charge on any atom is -0.371 e. The summed E-state index contributed by atoms with van der Waals surface area (Å²) in [6, 6.07) is 16.1. The van der Waals surface area contributed by atoms with Gasteiger partial charge in [-0.05, 0) is 42.9 Å². The van der Waals surface area contributed by atoms with E-state index in [0.29, 0.717) is 26.1 Å². The summed E-state index contributed by atoms with van der Waals surface area (Å²) in [5.41, 5.74) is 3.87. The van der Waals surface area contributed by atoms with Crippen molar-refractivity contribution >= 4 is 22.7 Å². The van der Waals surface area contributed by atoms with E-state index in [1.54, 1.807) is 6.08 Å². The third-order valence-electron chi connectivity index (χ3n) is 8.20. The summed E-state index contributed by atoms with van der Waals surface area (Å²) >= 11 is 0. The number of para-hydroxylation sites is 1. The van der Waals surface area contributed by atoms with Crippen LogP contribution in [0.5, 0.6) is 0 Å². The van der Waals surface area contributed by atoms with Crippen LogP contribution in [0.25, 0.3) is 10.9 Å². The molecule has 1 saturated carbocycles. The second kappa shape index (κ2) is 9.21. The monoisotopic (exact) mass is 484 g/mol. The first kappa shape index (κ1) is 23.0. The number of hydrogen-bond donors (Lipinski definition) is 2. The van der Waals surface area contributed by atoms with Crippen LogP contribution in [0.1, 0.15) is 48.5 Å². The van der Waals surface area contributed by atoms with E-state index in [1.807, 2.05) is 35.2 Å². The maximum Gasteiger partial charge on any atom is 0.228 e. The average Bonchev–Trinajstić information content (AvgIpc) is 3.65. The number of H-pyrrole nitrogens is 1. The first-order valence-corrected chi connectivity index (χ1v) is 12.9. The number of ether oxygens (including phenoxy) is 1. The fourth-order valence-corrected chi connectivity index (χ4v) is 6.18. The van der Waals surface area contributed by atoms with Crippen molar-refractivity contribution in [2.24, 2.45) is 5.92 Å². The Labute approximate surface area is 210 Å². The van der Waals surface area contributed by atoms with Gasteiger partial charge in [-0.25, -0.2) is 0 Å². The number of hydrogen-bond acceptors (Lipinski definition) is 4. The van der Waals surface area contributed by atoms with Crippen LogP contribution in [0.15, 0.2) is 61.2 Å². The van der Waals surface area contributed by atoms with Gasteiger partial charge in [0.1, 0.15) is 0 Å². The van der Waals surface area contributed by atoms with Crippen LogP contribution in [-0.2, 0) is 26.2 Å². The van der Waals surface area contributed by atoms with Gasteiger partial charge in [0.25, 0.3) is 0 Å². The second-order valence-electron chi connectivity index (χ2n) is 10.3. The Bertz CT molecular complexity index is 1300. The van der Waals surface area contributed by atoms with Gasteiger partial charge in [0.2, 0.25) is 11.8 Å². The first-order valence-electron chi connectivity index (χ1n) is 12.9. The number of aromatic amines is 1. The molecule has 1 aromatic heterocycles. The highest BCUT2D eigenvalue weighted by Crippen LogP contribution is 2.52. The molecule has 186 valence electrons. The Morgan fingerprint density at radius 1 is 1.14 bits per heavy atom. The maximum absolute atomic E-state index is 13.3. The number of amides is 2. The molecule has 0 radical (unpaired) electrons. The molecule has 6 rings (SSSR count). The molecule has 3 aliphatic rings. The summed E-state index contributed by atoms with van der Waals surface area (Å²) in [6.07, 6.45) is 5.39. The lowest BCUT2D eigenvalue weighted by Crippen LogP contribution is -2.52. The molecular formula is C29H32N4O3. The summed E-state index contributed by atoms with van der Waals surface area (Å²) in [5.74, 6) is 0.359. The van der Waals surface area contributed by atoms with E-state index in [2.05, 4.69) is 40.3 Å². The van der Waals surface area contributed by atoms with Crippen LogP contribution >= 0.6 is 0 Å². The van der Waals surface area contributed by atoms with Crippen molar-refractivity contribution in [1.29, 1.82) is 0 Å². The third-order valence-corrected chi connectivity index (χ3v) is 8.20. The molecule has 0 bridgehead atoms. The van der Waals surface area contributed by atoms with Crippen LogP contribution in [0.2, 0.25) is 0 Å². The molecule has 2 amide bonds. The van der Waals surface area contributed by atoms with Crippen LogP contribution in [-0.4, -0.2) is 52.7 Å². The highest BCUT2D eigenvalue weighted by Gasteiger charge is 2.55. The third kappa shape index (κ3) is 3.91. The van der Waals surface area contributed by atoms with E-state index < -0.39 is 0 Å². The fraction of sp³-hybridized carbons (Fsp3) is 0.414. The van der Waals surface area contributed by atoms with Gasteiger partial charge in [0.05, 0.1) is 36.4 Å². The molecule has 2 atom stereocenters. The number of benzene rings is 2. The lowest BCUT2D eigenvalue weighted by Gasteiger charge is -2.44. The number of fused-ring (bicyclic) bond motifs is 3. The quantitative estimate of drug-likeness (QED) is 0.499. The summed E-state index contributed by atoms with van der Waals surface area (Å²) in [4.78, 5) is 28.0. The SMILES string of the molecule is C=CCO[C@@H]1[C@@H](NC(=O)C2CC2)c2ccccc2C12CCN(C(=O)Cc1[nH]nc3ccccc13)CC2. The van der Waals surface area contributed by atoms with Crippen LogP contribution in [0.4, 0.5) is 0 Å². The van der Waals surface area contributed by atoms with E-state index in [-0.39, 0.29) is 35.3 Å². The van der Waals surface area contributed by atoms with Crippen molar-refractivity contribution in [3.05, 3.63) is 78.0 Å². The van der Waals surface area contributed by atoms with Gasteiger partial charge in [0.15, 0.2) is 0 Å². The van der Waals surface area contributed by atoms with E-state index in [1.165, 1.54) is 5.56 Å². The van der Waals surface area contributed by atoms with Crippen molar-refractivity contribution in [1.82, 2.24) is 20.4 Å². The maximum atomic E-state index is 13.3. The highest BCUT2D eigenvalue weighted by atomic mass is 16.5. The number of aromatic nitrogens is 2. The molecule has 2 heterocycles. The van der Waals surface area contributed by atoms with Gasteiger partial charge in [-0.3, -0.25) is 14.7 Å². The van der Waals surface area contributed by atoms with Crippen molar-refractivity contribution in [3.63, 3.8) is 0 Å². The Morgan fingerprint density at radius 3 is 2.67 bits per heavy atom. The van der Waals surface area contributed by atoms with Gasteiger partial charge in [-0.15, -0.1) is 6.58 Å². The molecule has 2 aromatic carbocycles. The molecular weight excluding hydrogens is 452 g/mol. The zero-order valence-corrected chi connectivity index (χ0v) is 20.4. The number of nitrogens with zero attached hydrogens (tertiary/aromatic N) is 2. The largest absolute Gasteiger partial charge is 0.371 e. The van der Waals surface area contributed by atoms with Crippen LogP contribution < -0.4 is 5.32 Å². The molecule has 1 spiro atoms. The molecule has 7 nitrogen and oxygen atoms in total. The molecule has 1 saturated heterocycles. The molecule has 2 N–H and O–H groups in total. The van der Waals surface area contributed by atoms with Crippen molar-refractivity contribution < 1.29 is 14.3 Å². The van der Waals surface area contributed by atoms with Crippen molar-refractivity contribution in [2.75, 3.05) is 19.7 Å². The molecule has 1 aliphatic heterocycles. The zero-order chi connectivity index (χ0) is 24.7. The van der Waals surface area contributed by atoms with E-state index >= 15 is 0 Å². The number of nitrogens with one attached hydrogen (secondary N) is 2. The van der Waals surface area contributed by atoms with Crippen LogP contribution in [0.3, 0.4) is 0 Å². The second-order valence-corrected chi connectivity index (χ2v) is 10.3. The lowest BCUT2D eigenvalue weighted by atomic mass is 9.71. The van der Waals surface area contributed by atoms with Crippen molar-refractivity contribution in [3.8, 4) is 0 Å². The Hall–Kier alpha value is -3.45. The first-order chi connectivity index (χ1) is 17.6. The summed E-state index contributed by atoms with van der Waals surface area (Å²) < 4.78 is 6.42. The number of rotatable bonds is 7. The number of carbonyl (C=O) groups excluding carboxylic acids is 2. The molecule has 2 fully saturated rings. The number of carbonyl (C=O) groups is 2. The number of piperidine rings is 1. The lowest BCUT2D eigenvalue weighted by molar-refractivity contribution is -0.133. The molecule has 0 unspecified atom stereocenters. The Balaban J connectivity index is 1.23. The Morgan fingerprint density at radius 2 is 1.89 bits per heavy atom. The van der Waals surface area contributed by atoms with E-state index in [9.17, 15) is 9.59 Å². The zero-order valence-electron chi connectivity index (χ0n) is 20.4. The predicted molar refractivity (Wildman–Crippen MR) is 137 cm³/mol. The van der Waals surface area contributed by atoms with Gasteiger partial charge >= 0.3 is 0 Å². The minimum absolute atomic E-state index is 0.104. The molecule has 36 heavy (non-hydrogen) atoms. The predicted octanol–water partition coefficient (Wildman–Crippen LogP) is 3.82. The van der Waals surface area contributed by atoms with Gasteiger partial charge < -0.3 is 15.0 Å². The van der Waals surface area contributed by atoms with E-state index in [4.69, 9.17) is 4.74 Å². The van der Waals surface area contributed by atoms with Gasteiger partial charge in [-0.1, -0.05) is 48.5 Å². The fourth-order valence-electron chi connectivity index (χ4n) is 6.18. The molecule has 3 aromatic rings. The summed E-state index contributed by atoms with van der Waals surface area (Å²) in [6.45, 7) is 5.57. The Kier molecular flexibility index (Phi) is 5.88. The molecule has 7 heteroatoms. The summed E-state index contributed by atoms with van der Waals surface area (Å²) in [7, 11) is 0. The van der Waals surface area contributed by atoms with E-state index in [0.717, 1.165) is 47.8 Å². The summed E-state index contributed by atoms with van der Waals surface area (Å²) in [5, 5.41) is 11.7. The van der Waals surface area contributed by atoms with Gasteiger partial charge in [-0.2, -0.15) is 5.10 Å². The van der Waals surface area contributed by atoms with Crippen molar-refractivity contribution in [2.45, 2.75) is 49.7 Å². The van der Waals surface area contributed by atoms with Crippen LogP contribution in [0, 0.1) is 5.92 Å². The average molecular weight is 485 g/mol. The highest BCUT2D eigenvalue weighted by molar-refractivity contribution is 5.87. The van der Waals surface area contributed by atoms with Gasteiger partial charge in [0, 0.05) is 29.8 Å². The normalized spacial score (nSPS) is 22.5. The molecule has 2 aliphatic carbocycles.